The number of ether oxygens (including phenoxy) is 1. The van der Waals surface area contributed by atoms with Crippen LogP contribution >= 0.6 is 22.9 Å². The zero-order valence-electron chi connectivity index (χ0n) is 28.5. The van der Waals surface area contributed by atoms with E-state index < -0.39 is 15.9 Å². The number of nitrogens with one attached hydrogen (secondary N) is 1. The molecule has 1 aliphatic heterocycles. The third kappa shape index (κ3) is 7.27. The van der Waals surface area contributed by atoms with E-state index in [0.29, 0.717) is 65.8 Å². The zero-order valence-corrected chi connectivity index (χ0v) is 30.9. The average Bonchev–Trinajstić information content (AvgIpc) is 3.77. The van der Waals surface area contributed by atoms with Gasteiger partial charge in [-0.15, -0.1) is 11.3 Å². The number of esters is 1. The SMILES string of the molecule is CCN(C1CCC(C(=O)OC)CC1)S(=O)(=O)c1cccc(C(=O)Nc2sc3c(c2C(=O)c2cnn(-c4ccc(Cl)cc4)c2)CCN(C2CC2)C3)c1. The number of carbonyl (C=O) groups is 3. The number of anilines is 1. The quantitative estimate of drug-likeness (QED) is 0.139. The molecule has 3 aliphatic rings. The molecule has 3 heterocycles. The lowest BCUT2D eigenvalue weighted by Crippen LogP contribution is -2.43. The Morgan fingerprint density at radius 3 is 2.47 bits per heavy atom. The predicted octanol–water partition coefficient (Wildman–Crippen LogP) is 6.33. The molecule has 1 amide bonds. The topological polar surface area (TPSA) is 131 Å². The molecule has 2 fully saturated rings. The molecule has 0 bridgehead atoms. The van der Waals surface area contributed by atoms with Gasteiger partial charge >= 0.3 is 5.97 Å². The van der Waals surface area contributed by atoms with Gasteiger partial charge in [0.05, 0.1) is 40.9 Å². The molecule has 0 unspecified atom stereocenters. The lowest BCUT2D eigenvalue weighted by atomic mass is 9.86. The summed E-state index contributed by atoms with van der Waals surface area (Å²) in [4.78, 5) is 43.6. The van der Waals surface area contributed by atoms with Gasteiger partial charge in [0.2, 0.25) is 10.0 Å². The maximum absolute atomic E-state index is 14.2. The van der Waals surface area contributed by atoms with Crippen LogP contribution in [0.3, 0.4) is 0 Å². The van der Waals surface area contributed by atoms with E-state index in [9.17, 15) is 22.8 Å². The number of nitrogens with zero attached hydrogens (tertiary/aromatic N) is 4. The summed E-state index contributed by atoms with van der Waals surface area (Å²) < 4.78 is 35.9. The normalized spacial score (nSPS) is 19.5. The fourth-order valence-electron chi connectivity index (χ4n) is 7.32. The van der Waals surface area contributed by atoms with Crippen LogP contribution in [0.5, 0.6) is 0 Å². The summed E-state index contributed by atoms with van der Waals surface area (Å²) in [6, 6.07) is 13.5. The van der Waals surface area contributed by atoms with E-state index in [1.165, 1.54) is 53.9 Å². The molecule has 4 aromatic rings. The van der Waals surface area contributed by atoms with Gasteiger partial charge in [-0.1, -0.05) is 24.6 Å². The molecule has 14 heteroatoms. The second-order valence-corrected chi connectivity index (χ2v) is 16.8. The first-order valence-corrected chi connectivity index (χ1v) is 20.0. The number of hydrogen-bond donors (Lipinski definition) is 1. The molecular weight excluding hydrogens is 710 g/mol. The minimum absolute atomic E-state index is 0.0172. The predicted molar refractivity (Wildman–Crippen MR) is 195 cm³/mol. The summed E-state index contributed by atoms with van der Waals surface area (Å²) in [7, 11) is -2.58. The Morgan fingerprint density at radius 1 is 1.04 bits per heavy atom. The highest BCUT2D eigenvalue weighted by Gasteiger charge is 2.37. The summed E-state index contributed by atoms with van der Waals surface area (Å²) in [6.07, 6.45) is 8.43. The minimum Gasteiger partial charge on any atom is -0.469 e. The number of sulfonamides is 1. The molecule has 0 radical (unpaired) electrons. The number of hydrogen-bond acceptors (Lipinski definition) is 9. The largest absolute Gasteiger partial charge is 0.469 e. The molecule has 268 valence electrons. The smallest absolute Gasteiger partial charge is 0.308 e. The first-order valence-electron chi connectivity index (χ1n) is 17.3. The second-order valence-electron chi connectivity index (χ2n) is 13.4. The van der Waals surface area contributed by atoms with Gasteiger partial charge in [0.1, 0.15) is 5.00 Å². The summed E-state index contributed by atoms with van der Waals surface area (Å²) in [5, 5.41) is 8.45. The van der Waals surface area contributed by atoms with Crippen molar-refractivity contribution in [2.45, 2.75) is 75.4 Å². The first kappa shape index (κ1) is 35.5. The number of aromatic nitrogens is 2. The average molecular weight is 750 g/mol. The number of rotatable bonds is 11. The van der Waals surface area contributed by atoms with Gasteiger partial charge in [0, 0.05) is 53.4 Å². The van der Waals surface area contributed by atoms with E-state index in [1.54, 1.807) is 42.1 Å². The Hall–Kier alpha value is -3.88. The molecule has 2 aromatic heterocycles. The van der Waals surface area contributed by atoms with E-state index >= 15 is 0 Å². The van der Waals surface area contributed by atoms with E-state index in [2.05, 4.69) is 15.3 Å². The summed E-state index contributed by atoms with van der Waals surface area (Å²) in [6.45, 7) is 3.60. The van der Waals surface area contributed by atoms with E-state index in [1.807, 2.05) is 12.1 Å². The first-order chi connectivity index (χ1) is 24.6. The number of thiophene rings is 1. The van der Waals surface area contributed by atoms with Crippen molar-refractivity contribution < 1.29 is 27.5 Å². The van der Waals surface area contributed by atoms with Crippen LogP contribution in [0, 0.1) is 5.92 Å². The van der Waals surface area contributed by atoms with Crippen LogP contribution < -0.4 is 5.32 Å². The zero-order chi connectivity index (χ0) is 35.9. The van der Waals surface area contributed by atoms with Gasteiger partial charge in [0.15, 0.2) is 5.78 Å². The minimum atomic E-state index is -3.95. The Kier molecular flexibility index (Phi) is 10.2. The molecule has 0 spiro atoms. The van der Waals surface area contributed by atoms with Crippen molar-refractivity contribution in [3.8, 4) is 5.69 Å². The molecule has 2 aromatic carbocycles. The third-order valence-electron chi connectivity index (χ3n) is 10.2. The van der Waals surface area contributed by atoms with Crippen molar-refractivity contribution >= 4 is 55.6 Å². The summed E-state index contributed by atoms with van der Waals surface area (Å²) >= 11 is 7.47. The van der Waals surface area contributed by atoms with Crippen LogP contribution in [0.1, 0.15) is 82.2 Å². The lowest BCUT2D eigenvalue weighted by Gasteiger charge is -2.34. The van der Waals surface area contributed by atoms with Crippen molar-refractivity contribution in [1.82, 2.24) is 19.0 Å². The van der Waals surface area contributed by atoms with E-state index in [4.69, 9.17) is 16.3 Å². The van der Waals surface area contributed by atoms with Crippen LogP contribution in [0.15, 0.2) is 65.8 Å². The maximum Gasteiger partial charge on any atom is 0.308 e. The van der Waals surface area contributed by atoms with Crippen LogP contribution in [-0.2, 0) is 32.5 Å². The van der Waals surface area contributed by atoms with Gasteiger partial charge in [-0.3, -0.25) is 19.3 Å². The maximum atomic E-state index is 14.2. The highest BCUT2D eigenvalue weighted by atomic mass is 35.5. The van der Waals surface area contributed by atoms with Crippen LogP contribution in [0.2, 0.25) is 5.02 Å². The Bertz CT molecular complexity index is 2070. The van der Waals surface area contributed by atoms with Crippen molar-refractivity contribution in [2.75, 3.05) is 25.5 Å². The van der Waals surface area contributed by atoms with E-state index in [0.717, 1.165) is 22.7 Å². The van der Waals surface area contributed by atoms with Gasteiger partial charge in [-0.05, 0) is 93.0 Å². The Labute approximate surface area is 306 Å². The third-order valence-corrected chi connectivity index (χ3v) is 13.6. The number of amides is 1. The van der Waals surface area contributed by atoms with Gasteiger partial charge in [0.25, 0.3) is 5.91 Å². The number of ketones is 1. The fraction of sp³-hybridized carbons (Fsp3) is 0.405. The standard InChI is InChI=1S/C37H40ClN5O6S2/c1-3-43(29-11-7-23(8-12-29)37(46)49-2)51(47,48)30-6-4-5-24(19-30)35(45)40-36-33(31-17-18-41(27-15-16-27)22-32(31)50-36)34(44)25-20-39-42(21-25)28-13-9-26(38)10-14-28/h4-6,9-10,13-14,19-21,23,27,29H,3,7-8,11-12,15-18,22H2,1-2H3,(H,40,45). The summed E-state index contributed by atoms with van der Waals surface area (Å²) in [5.74, 6) is -1.23. The molecule has 11 nitrogen and oxygen atoms in total. The van der Waals surface area contributed by atoms with Crippen molar-refractivity contribution in [1.29, 1.82) is 0 Å². The van der Waals surface area contributed by atoms with Crippen molar-refractivity contribution in [2.24, 2.45) is 5.92 Å². The van der Waals surface area contributed by atoms with Crippen molar-refractivity contribution in [3.05, 3.63) is 93.1 Å². The lowest BCUT2D eigenvalue weighted by molar-refractivity contribution is -0.146. The number of halogens is 1. The van der Waals surface area contributed by atoms with Crippen LogP contribution in [0.4, 0.5) is 5.00 Å². The van der Waals surface area contributed by atoms with E-state index in [-0.39, 0.29) is 40.7 Å². The number of benzene rings is 2. The number of fused-ring (bicyclic) bond motifs is 1. The molecule has 51 heavy (non-hydrogen) atoms. The summed E-state index contributed by atoms with van der Waals surface area (Å²) in [5.41, 5.74) is 2.71. The number of carbonyl (C=O) groups excluding carboxylic acids is 3. The van der Waals surface area contributed by atoms with Crippen LogP contribution in [0.25, 0.3) is 5.69 Å². The van der Waals surface area contributed by atoms with Crippen molar-refractivity contribution in [3.63, 3.8) is 0 Å². The Morgan fingerprint density at radius 2 is 1.78 bits per heavy atom. The highest BCUT2D eigenvalue weighted by Crippen LogP contribution is 2.41. The molecule has 1 N–H and O–H groups in total. The van der Waals surface area contributed by atoms with Crippen LogP contribution in [-0.4, -0.2) is 77.3 Å². The van der Waals surface area contributed by atoms with Gasteiger partial charge in [-0.2, -0.15) is 9.40 Å². The molecule has 2 aliphatic carbocycles. The molecule has 0 saturated heterocycles. The highest BCUT2D eigenvalue weighted by molar-refractivity contribution is 7.89. The van der Waals surface area contributed by atoms with Gasteiger partial charge < -0.3 is 10.1 Å². The molecule has 7 rings (SSSR count). The number of methoxy groups -OCH3 is 1. The monoisotopic (exact) mass is 749 g/mol. The molecule has 0 atom stereocenters. The molecular formula is C37H40ClN5O6S2. The Balaban J connectivity index is 1.14. The second kappa shape index (κ2) is 14.6. The molecule has 2 saturated carbocycles. The fourth-order valence-corrected chi connectivity index (χ4v) is 10.5. The van der Waals surface area contributed by atoms with Gasteiger partial charge in [-0.25, -0.2) is 13.1 Å².